The van der Waals surface area contributed by atoms with Crippen molar-refractivity contribution in [3.63, 3.8) is 0 Å². The van der Waals surface area contributed by atoms with Gasteiger partial charge in [0, 0.05) is 11.6 Å². The molecule has 0 aromatic heterocycles. The number of amides is 1. The number of carbonyl (C=O) groups is 3. The molecule has 0 bridgehead atoms. The first-order valence-corrected chi connectivity index (χ1v) is 9.53. The van der Waals surface area contributed by atoms with E-state index < -0.39 is 35.5 Å². The summed E-state index contributed by atoms with van der Waals surface area (Å²) < 4.78 is 23.6. The van der Waals surface area contributed by atoms with Gasteiger partial charge in [0.1, 0.15) is 11.7 Å². The normalized spacial score (nSPS) is 22.8. The van der Waals surface area contributed by atoms with Crippen molar-refractivity contribution in [2.45, 2.75) is 38.5 Å². The largest absolute Gasteiger partial charge is 0.466 e. The highest BCUT2D eigenvalue weighted by molar-refractivity contribution is 6.05. The van der Waals surface area contributed by atoms with Crippen LogP contribution in [0.25, 0.3) is 0 Å². The Bertz CT molecular complexity index is 796. The molecule has 1 aliphatic heterocycles. The molecule has 1 aromatic rings. The van der Waals surface area contributed by atoms with E-state index in [1.807, 2.05) is 0 Å². The predicted molar refractivity (Wildman–Crippen MR) is 98.4 cm³/mol. The van der Waals surface area contributed by atoms with Gasteiger partial charge < -0.3 is 14.8 Å². The number of methoxy groups -OCH3 is 1. The maximum atomic E-state index is 13.5. The Kier molecular flexibility index (Phi) is 6.11. The SMILES string of the molecule is CCOC(=O)C1C(=O)NC(C2CCCC2)=C(C(=O)OC)C1c1ccc(F)cc1. The molecule has 1 N–H and O–H groups in total. The van der Waals surface area contributed by atoms with Crippen molar-refractivity contribution in [1.29, 1.82) is 0 Å². The lowest BCUT2D eigenvalue weighted by Gasteiger charge is -2.35. The standard InChI is InChI=1S/C21H24FNO5/c1-3-28-21(26)17-15(12-8-10-14(22)11-9-12)16(20(25)27-2)18(23-19(17)24)13-6-4-5-7-13/h8-11,13,15,17H,3-7H2,1-2H3,(H,23,24). The molecule has 2 unspecified atom stereocenters. The van der Waals surface area contributed by atoms with E-state index >= 15 is 0 Å². The van der Waals surface area contributed by atoms with Gasteiger partial charge in [-0.3, -0.25) is 9.59 Å². The van der Waals surface area contributed by atoms with E-state index in [1.54, 1.807) is 6.92 Å². The third-order valence-corrected chi connectivity index (χ3v) is 5.41. The van der Waals surface area contributed by atoms with Gasteiger partial charge in [0.2, 0.25) is 5.91 Å². The van der Waals surface area contributed by atoms with Crippen LogP contribution < -0.4 is 5.32 Å². The molecule has 1 aliphatic carbocycles. The minimum atomic E-state index is -1.25. The summed E-state index contributed by atoms with van der Waals surface area (Å²) in [4.78, 5) is 38.3. The van der Waals surface area contributed by atoms with Gasteiger partial charge in [-0.25, -0.2) is 9.18 Å². The Labute approximate surface area is 163 Å². The highest BCUT2D eigenvalue weighted by atomic mass is 19.1. The van der Waals surface area contributed by atoms with Crippen LogP contribution in [0, 0.1) is 17.7 Å². The van der Waals surface area contributed by atoms with E-state index in [1.165, 1.54) is 31.4 Å². The molecular formula is C21H24FNO5. The second kappa shape index (κ2) is 8.54. The number of rotatable bonds is 5. The van der Waals surface area contributed by atoms with Gasteiger partial charge in [-0.05, 0) is 43.4 Å². The zero-order valence-electron chi connectivity index (χ0n) is 16.0. The van der Waals surface area contributed by atoms with Crippen LogP contribution in [0.1, 0.15) is 44.1 Å². The van der Waals surface area contributed by atoms with E-state index in [9.17, 15) is 18.8 Å². The lowest BCUT2D eigenvalue weighted by Crippen LogP contribution is -2.47. The molecule has 6 nitrogen and oxygen atoms in total. The zero-order valence-corrected chi connectivity index (χ0v) is 16.0. The molecule has 1 heterocycles. The molecule has 1 aromatic carbocycles. The number of carbonyl (C=O) groups excluding carboxylic acids is 3. The molecule has 2 aliphatic rings. The molecular weight excluding hydrogens is 365 g/mol. The highest BCUT2D eigenvalue weighted by Gasteiger charge is 2.48. The second-order valence-corrected chi connectivity index (χ2v) is 7.05. The number of nitrogens with one attached hydrogen (secondary N) is 1. The topological polar surface area (TPSA) is 81.7 Å². The molecule has 1 amide bonds. The summed E-state index contributed by atoms with van der Waals surface area (Å²) >= 11 is 0. The Morgan fingerprint density at radius 2 is 1.82 bits per heavy atom. The van der Waals surface area contributed by atoms with Gasteiger partial charge in [0.15, 0.2) is 0 Å². The molecule has 2 atom stereocenters. The van der Waals surface area contributed by atoms with Crippen molar-refractivity contribution < 1.29 is 28.2 Å². The Morgan fingerprint density at radius 3 is 2.39 bits per heavy atom. The first kappa shape index (κ1) is 20.0. The number of ether oxygens (including phenoxy) is 2. The summed E-state index contributed by atoms with van der Waals surface area (Å²) in [5.74, 6) is -4.41. The summed E-state index contributed by atoms with van der Waals surface area (Å²) in [7, 11) is 1.26. The Balaban J connectivity index is 2.18. The van der Waals surface area contributed by atoms with Crippen LogP contribution in [0.5, 0.6) is 0 Å². The van der Waals surface area contributed by atoms with E-state index in [0.29, 0.717) is 11.3 Å². The van der Waals surface area contributed by atoms with E-state index in [-0.39, 0.29) is 18.1 Å². The lowest BCUT2D eigenvalue weighted by molar-refractivity contribution is -0.153. The molecule has 1 saturated carbocycles. The fraction of sp³-hybridized carbons (Fsp3) is 0.476. The first-order valence-electron chi connectivity index (χ1n) is 9.53. The summed E-state index contributed by atoms with van der Waals surface area (Å²) in [6.45, 7) is 1.75. The van der Waals surface area contributed by atoms with Crippen LogP contribution >= 0.6 is 0 Å². The summed E-state index contributed by atoms with van der Waals surface area (Å²) in [5.41, 5.74) is 1.26. The molecule has 0 radical (unpaired) electrons. The number of hydrogen-bond donors (Lipinski definition) is 1. The van der Waals surface area contributed by atoms with Crippen molar-refractivity contribution in [3.8, 4) is 0 Å². The third kappa shape index (κ3) is 3.79. The van der Waals surface area contributed by atoms with Gasteiger partial charge in [0.05, 0.1) is 19.3 Å². The molecule has 3 rings (SSSR count). The van der Waals surface area contributed by atoms with Gasteiger partial charge in [-0.1, -0.05) is 25.0 Å². The first-order chi connectivity index (χ1) is 13.5. The van der Waals surface area contributed by atoms with Crippen molar-refractivity contribution in [2.24, 2.45) is 11.8 Å². The van der Waals surface area contributed by atoms with Crippen molar-refractivity contribution in [2.75, 3.05) is 13.7 Å². The smallest absolute Gasteiger partial charge is 0.336 e. The summed E-state index contributed by atoms with van der Waals surface area (Å²) in [6.07, 6.45) is 3.69. The average Bonchev–Trinajstić information content (AvgIpc) is 3.22. The van der Waals surface area contributed by atoms with Gasteiger partial charge in [-0.2, -0.15) is 0 Å². The number of esters is 2. The van der Waals surface area contributed by atoms with Crippen LogP contribution in [0.15, 0.2) is 35.5 Å². The maximum absolute atomic E-state index is 13.5. The minimum Gasteiger partial charge on any atom is -0.466 e. The highest BCUT2D eigenvalue weighted by Crippen LogP contribution is 2.43. The molecule has 0 saturated heterocycles. The fourth-order valence-electron chi connectivity index (χ4n) is 4.15. The molecule has 150 valence electrons. The zero-order chi connectivity index (χ0) is 20.3. The quantitative estimate of drug-likeness (QED) is 0.619. The third-order valence-electron chi connectivity index (χ3n) is 5.41. The second-order valence-electron chi connectivity index (χ2n) is 7.05. The maximum Gasteiger partial charge on any atom is 0.336 e. The summed E-state index contributed by atoms with van der Waals surface area (Å²) in [6, 6.07) is 5.46. The number of halogens is 1. The Hall–Kier alpha value is -2.70. The van der Waals surface area contributed by atoms with E-state index in [0.717, 1.165) is 25.7 Å². The van der Waals surface area contributed by atoms with Crippen LogP contribution in [-0.2, 0) is 23.9 Å². The minimum absolute atomic E-state index is 0.0177. The molecule has 0 spiro atoms. The molecule has 28 heavy (non-hydrogen) atoms. The van der Waals surface area contributed by atoms with Crippen molar-refractivity contribution in [1.82, 2.24) is 5.32 Å². The molecule has 1 fully saturated rings. The molecule has 7 heteroatoms. The van der Waals surface area contributed by atoms with Crippen molar-refractivity contribution in [3.05, 3.63) is 46.9 Å². The number of allylic oxidation sites excluding steroid dienone is 1. The number of benzene rings is 1. The monoisotopic (exact) mass is 389 g/mol. The van der Waals surface area contributed by atoms with Gasteiger partial charge in [-0.15, -0.1) is 0 Å². The van der Waals surface area contributed by atoms with E-state index in [4.69, 9.17) is 9.47 Å². The number of hydrogen-bond acceptors (Lipinski definition) is 5. The van der Waals surface area contributed by atoms with Crippen LogP contribution in [0.2, 0.25) is 0 Å². The van der Waals surface area contributed by atoms with Gasteiger partial charge >= 0.3 is 11.9 Å². The summed E-state index contributed by atoms with van der Waals surface area (Å²) in [5, 5.41) is 2.79. The fourth-order valence-corrected chi connectivity index (χ4v) is 4.15. The lowest BCUT2D eigenvalue weighted by atomic mass is 9.74. The van der Waals surface area contributed by atoms with Crippen molar-refractivity contribution >= 4 is 17.8 Å². The van der Waals surface area contributed by atoms with Crippen LogP contribution in [0.4, 0.5) is 4.39 Å². The predicted octanol–water partition coefficient (Wildman–Crippen LogP) is 2.84. The average molecular weight is 389 g/mol. The van der Waals surface area contributed by atoms with Crippen LogP contribution in [-0.4, -0.2) is 31.6 Å². The van der Waals surface area contributed by atoms with Gasteiger partial charge in [0.25, 0.3) is 0 Å². The van der Waals surface area contributed by atoms with E-state index in [2.05, 4.69) is 5.32 Å². The Morgan fingerprint density at radius 1 is 1.18 bits per heavy atom. The van der Waals surface area contributed by atoms with Crippen LogP contribution in [0.3, 0.4) is 0 Å².